The molecule has 0 spiro atoms. The number of thiazole rings is 1. The fourth-order valence-corrected chi connectivity index (χ4v) is 2.51. The summed E-state index contributed by atoms with van der Waals surface area (Å²) >= 11 is 1.28. The summed E-state index contributed by atoms with van der Waals surface area (Å²) in [5.41, 5.74) is 5.95. The lowest BCUT2D eigenvalue weighted by Gasteiger charge is -2.10. The molecule has 17 heavy (non-hydrogen) atoms. The molecule has 0 aromatic carbocycles. The van der Waals surface area contributed by atoms with Crippen molar-refractivity contribution in [2.45, 2.75) is 19.8 Å². The Morgan fingerprint density at radius 2 is 2.24 bits per heavy atom. The van der Waals surface area contributed by atoms with Crippen LogP contribution < -0.4 is 5.73 Å². The molecular weight excluding hydrogens is 238 g/mol. The van der Waals surface area contributed by atoms with E-state index >= 15 is 0 Å². The molecule has 1 aromatic heterocycles. The van der Waals surface area contributed by atoms with Crippen LogP contribution in [-0.2, 0) is 0 Å². The Labute approximate surface area is 103 Å². The van der Waals surface area contributed by atoms with Gasteiger partial charge in [-0.3, -0.25) is 14.6 Å². The van der Waals surface area contributed by atoms with Crippen molar-refractivity contribution in [2.75, 3.05) is 13.1 Å². The minimum Gasteiger partial charge on any atom is -0.330 e. The van der Waals surface area contributed by atoms with E-state index in [0.29, 0.717) is 30.1 Å². The van der Waals surface area contributed by atoms with E-state index in [1.807, 2.05) is 0 Å². The number of ketones is 2. The van der Waals surface area contributed by atoms with Crippen LogP contribution in [0.3, 0.4) is 0 Å². The molecular formula is C11H13N3O2S. The van der Waals surface area contributed by atoms with Crippen LogP contribution in [0.1, 0.15) is 38.0 Å². The number of aryl methyl sites for hydroxylation is 1. The van der Waals surface area contributed by atoms with E-state index in [4.69, 9.17) is 5.73 Å². The molecule has 1 aliphatic carbocycles. The second-order valence-electron chi connectivity index (χ2n) is 3.81. The summed E-state index contributed by atoms with van der Waals surface area (Å²) in [6.45, 7) is 2.80. The summed E-state index contributed by atoms with van der Waals surface area (Å²) in [6, 6.07) is 0. The van der Waals surface area contributed by atoms with Gasteiger partial charge >= 0.3 is 0 Å². The fourth-order valence-electron chi connectivity index (χ4n) is 1.65. The second kappa shape index (κ2) is 4.85. The number of carbonyl (C=O) groups excluding carboxylic acids is 2. The summed E-state index contributed by atoms with van der Waals surface area (Å²) in [4.78, 5) is 32.5. The Kier molecular flexibility index (Phi) is 3.44. The van der Waals surface area contributed by atoms with Gasteiger partial charge in [0.05, 0.1) is 17.1 Å². The number of Topliss-reactive ketones (excluding diaryl/α,β-unsaturated/α-hetero) is 2. The van der Waals surface area contributed by atoms with Gasteiger partial charge in [0.15, 0.2) is 5.78 Å². The van der Waals surface area contributed by atoms with Gasteiger partial charge in [0.2, 0.25) is 5.78 Å². The molecule has 0 amide bonds. The number of hydrogen-bond donors (Lipinski definition) is 1. The molecule has 0 fully saturated rings. The lowest BCUT2D eigenvalue weighted by Crippen LogP contribution is -2.26. The standard InChI is InChI=1S/C11H13N3O2S/c1-6-14-9-10(16)7(13-4-2-3-12)5-8(15)11(9)17-6/h2-5,12H2,1H3. The molecule has 1 aromatic rings. The van der Waals surface area contributed by atoms with Gasteiger partial charge in [-0.2, -0.15) is 0 Å². The number of nitrogens with two attached hydrogens (primary N) is 1. The molecule has 5 nitrogen and oxygen atoms in total. The number of fused-ring (bicyclic) bond motifs is 1. The van der Waals surface area contributed by atoms with Crippen LogP contribution in [0.25, 0.3) is 0 Å². The summed E-state index contributed by atoms with van der Waals surface area (Å²) in [5, 5.41) is 0.736. The molecule has 0 saturated carbocycles. The van der Waals surface area contributed by atoms with Crippen molar-refractivity contribution < 1.29 is 9.59 Å². The maximum Gasteiger partial charge on any atom is 0.227 e. The van der Waals surface area contributed by atoms with E-state index in [-0.39, 0.29) is 23.7 Å². The van der Waals surface area contributed by atoms with Crippen LogP contribution in [0.2, 0.25) is 0 Å². The molecule has 0 atom stereocenters. The second-order valence-corrected chi connectivity index (χ2v) is 5.01. The Bertz CT molecular complexity index is 505. The van der Waals surface area contributed by atoms with Crippen molar-refractivity contribution in [1.29, 1.82) is 0 Å². The van der Waals surface area contributed by atoms with Gasteiger partial charge in [-0.05, 0) is 19.9 Å². The molecule has 0 saturated heterocycles. The normalized spacial score (nSPS) is 17.6. The van der Waals surface area contributed by atoms with Crippen molar-refractivity contribution in [3.05, 3.63) is 15.6 Å². The summed E-state index contributed by atoms with van der Waals surface area (Å²) in [7, 11) is 0. The molecule has 6 heteroatoms. The predicted molar refractivity (Wildman–Crippen MR) is 66.1 cm³/mol. The zero-order valence-corrected chi connectivity index (χ0v) is 10.3. The number of hydrogen-bond acceptors (Lipinski definition) is 6. The average molecular weight is 251 g/mol. The fraction of sp³-hybridized carbons (Fsp3) is 0.455. The van der Waals surface area contributed by atoms with E-state index in [1.54, 1.807) is 6.92 Å². The molecule has 0 aliphatic heterocycles. The minimum absolute atomic E-state index is 0.0586. The van der Waals surface area contributed by atoms with Crippen molar-refractivity contribution in [2.24, 2.45) is 10.7 Å². The predicted octanol–water partition coefficient (Wildman–Crippen LogP) is 1.01. The molecule has 0 unspecified atom stereocenters. The van der Waals surface area contributed by atoms with Crippen LogP contribution in [0.15, 0.2) is 4.99 Å². The van der Waals surface area contributed by atoms with Crippen LogP contribution in [0.5, 0.6) is 0 Å². The molecule has 2 N–H and O–H groups in total. The van der Waals surface area contributed by atoms with E-state index in [9.17, 15) is 9.59 Å². The average Bonchev–Trinajstić information content (AvgIpc) is 2.68. The molecule has 0 radical (unpaired) electrons. The lowest BCUT2D eigenvalue weighted by molar-refractivity contribution is 0.0966. The topological polar surface area (TPSA) is 85.4 Å². The highest BCUT2D eigenvalue weighted by molar-refractivity contribution is 7.14. The summed E-state index contributed by atoms with van der Waals surface area (Å²) in [6.07, 6.45) is 0.811. The first-order chi connectivity index (χ1) is 8.13. The quantitative estimate of drug-likeness (QED) is 0.812. The van der Waals surface area contributed by atoms with Crippen molar-refractivity contribution in [1.82, 2.24) is 4.98 Å². The number of nitrogens with zero attached hydrogens (tertiary/aromatic N) is 2. The number of rotatable bonds is 3. The van der Waals surface area contributed by atoms with Gasteiger partial charge in [0.1, 0.15) is 10.6 Å². The molecule has 1 aliphatic rings. The molecule has 1 heterocycles. The largest absolute Gasteiger partial charge is 0.330 e. The molecule has 2 rings (SSSR count). The highest BCUT2D eigenvalue weighted by Gasteiger charge is 2.32. The van der Waals surface area contributed by atoms with Crippen molar-refractivity contribution in [3.63, 3.8) is 0 Å². The Balaban J connectivity index is 2.29. The highest BCUT2D eigenvalue weighted by atomic mass is 32.1. The third-order valence-corrected chi connectivity index (χ3v) is 3.47. The number of aromatic nitrogens is 1. The Morgan fingerprint density at radius 1 is 1.47 bits per heavy atom. The van der Waals surface area contributed by atoms with Crippen molar-refractivity contribution >= 4 is 28.6 Å². The number of aliphatic imine (C=N–C) groups is 1. The lowest BCUT2D eigenvalue weighted by atomic mass is 9.98. The Morgan fingerprint density at radius 3 is 2.94 bits per heavy atom. The Hall–Kier alpha value is -1.40. The van der Waals surface area contributed by atoms with Gasteiger partial charge in [0, 0.05) is 6.54 Å². The van der Waals surface area contributed by atoms with E-state index in [1.165, 1.54) is 11.3 Å². The molecule has 90 valence electrons. The first-order valence-corrected chi connectivity index (χ1v) is 6.24. The third-order valence-electron chi connectivity index (χ3n) is 2.46. The zero-order chi connectivity index (χ0) is 12.4. The maximum absolute atomic E-state index is 12.0. The van der Waals surface area contributed by atoms with Crippen molar-refractivity contribution in [3.8, 4) is 0 Å². The van der Waals surface area contributed by atoms with Gasteiger partial charge < -0.3 is 5.73 Å². The first kappa shape index (κ1) is 12.1. The van der Waals surface area contributed by atoms with Crippen LogP contribution >= 0.6 is 11.3 Å². The van der Waals surface area contributed by atoms with Gasteiger partial charge in [0.25, 0.3) is 0 Å². The zero-order valence-electron chi connectivity index (χ0n) is 9.52. The molecule has 0 bridgehead atoms. The number of carbonyl (C=O) groups is 2. The van der Waals surface area contributed by atoms with Crippen LogP contribution in [0.4, 0.5) is 0 Å². The maximum atomic E-state index is 12.0. The van der Waals surface area contributed by atoms with E-state index in [0.717, 1.165) is 5.01 Å². The van der Waals surface area contributed by atoms with E-state index < -0.39 is 0 Å². The van der Waals surface area contributed by atoms with Crippen LogP contribution in [-0.4, -0.2) is 35.4 Å². The smallest absolute Gasteiger partial charge is 0.227 e. The van der Waals surface area contributed by atoms with Gasteiger partial charge in [-0.15, -0.1) is 11.3 Å². The summed E-state index contributed by atoms with van der Waals surface area (Å²) in [5.74, 6) is -0.266. The van der Waals surface area contributed by atoms with Gasteiger partial charge in [-0.25, -0.2) is 4.98 Å². The first-order valence-electron chi connectivity index (χ1n) is 5.42. The third kappa shape index (κ3) is 2.32. The van der Waals surface area contributed by atoms with Crippen LogP contribution in [0, 0.1) is 6.92 Å². The SMILES string of the molecule is Cc1nc2c(s1)C(=O)CC(=NCCCN)C2=O. The van der Waals surface area contributed by atoms with Gasteiger partial charge in [-0.1, -0.05) is 0 Å². The summed E-state index contributed by atoms with van der Waals surface area (Å²) < 4.78 is 0. The monoisotopic (exact) mass is 251 g/mol. The van der Waals surface area contributed by atoms with E-state index in [2.05, 4.69) is 9.98 Å². The minimum atomic E-state index is -0.207. The highest BCUT2D eigenvalue weighted by Crippen LogP contribution is 2.25.